The third kappa shape index (κ3) is 9.64. The Balaban J connectivity index is 0.000000266. The SMILES string of the molecule is CC(O)=C(C(=N)C(Cl)(Cl)Cl)C(=O)NCCc1ccccc1.[B](c1ccccc1)c1ccccc1. The number of benzene rings is 3. The number of halogens is 3. The molecule has 0 aliphatic carbocycles. The average molecular weight is 515 g/mol. The summed E-state index contributed by atoms with van der Waals surface area (Å²) in [5, 5.41) is 19.8. The number of hydrogen-bond acceptors (Lipinski definition) is 3. The summed E-state index contributed by atoms with van der Waals surface area (Å²) < 4.78 is -2.07. The Morgan fingerprint density at radius 3 is 1.74 bits per heavy atom. The first-order chi connectivity index (χ1) is 16.2. The maximum atomic E-state index is 12.0. The van der Waals surface area contributed by atoms with Crippen LogP contribution in [0.15, 0.2) is 102 Å². The number of aliphatic hydroxyl groups is 1. The van der Waals surface area contributed by atoms with E-state index in [1.165, 1.54) is 17.8 Å². The van der Waals surface area contributed by atoms with E-state index in [2.05, 4.69) is 61.1 Å². The normalized spacial score (nSPS) is 11.4. The van der Waals surface area contributed by atoms with Gasteiger partial charge in [-0.2, -0.15) is 0 Å². The van der Waals surface area contributed by atoms with Crippen molar-refractivity contribution in [1.29, 1.82) is 5.41 Å². The zero-order chi connectivity index (χ0) is 25.0. The molecule has 0 unspecified atom stereocenters. The van der Waals surface area contributed by atoms with Gasteiger partial charge in [0.25, 0.3) is 5.91 Å². The van der Waals surface area contributed by atoms with Crippen molar-refractivity contribution in [2.24, 2.45) is 0 Å². The highest BCUT2D eigenvalue weighted by Crippen LogP contribution is 2.31. The van der Waals surface area contributed by atoms with Crippen molar-refractivity contribution in [3.63, 3.8) is 0 Å². The average Bonchev–Trinajstić information content (AvgIpc) is 2.81. The lowest BCUT2D eigenvalue weighted by Gasteiger charge is -2.16. The number of aliphatic hydroxyl groups excluding tert-OH is 1. The molecule has 175 valence electrons. The molecule has 0 saturated heterocycles. The number of amides is 1. The molecule has 0 atom stereocenters. The Labute approximate surface area is 216 Å². The van der Waals surface area contributed by atoms with Crippen LogP contribution >= 0.6 is 34.8 Å². The molecule has 4 nitrogen and oxygen atoms in total. The molecule has 34 heavy (non-hydrogen) atoms. The Bertz CT molecular complexity index is 1050. The van der Waals surface area contributed by atoms with Crippen molar-refractivity contribution in [2.75, 3.05) is 6.54 Å². The van der Waals surface area contributed by atoms with Crippen molar-refractivity contribution < 1.29 is 9.90 Å². The second-order valence-electron chi connectivity index (χ2n) is 7.29. The summed E-state index contributed by atoms with van der Waals surface area (Å²) in [4.78, 5) is 12.0. The van der Waals surface area contributed by atoms with Crippen LogP contribution in [0.25, 0.3) is 0 Å². The monoisotopic (exact) mass is 513 g/mol. The highest BCUT2D eigenvalue weighted by molar-refractivity contribution is 6.78. The summed E-state index contributed by atoms with van der Waals surface area (Å²) in [6.45, 7) is 1.60. The van der Waals surface area contributed by atoms with Crippen LogP contribution in [0.5, 0.6) is 0 Å². The fourth-order valence-corrected chi connectivity index (χ4v) is 3.23. The highest BCUT2D eigenvalue weighted by atomic mass is 35.6. The first-order valence-corrected chi connectivity index (χ1v) is 11.6. The van der Waals surface area contributed by atoms with E-state index < -0.39 is 15.4 Å². The molecule has 0 bridgehead atoms. The second kappa shape index (κ2) is 13.9. The van der Waals surface area contributed by atoms with Crippen molar-refractivity contribution in [3.05, 3.63) is 108 Å². The van der Waals surface area contributed by atoms with Crippen LogP contribution in [0.4, 0.5) is 0 Å². The summed E-state index contributed by atoms with van der Waals surface area (Å²) in [6, 6.07) is 30.3. The van der Waals surface area contributed by atoms with E-state index in [0.29, 0.717) is 13.0 Å². The van der Waals surface area contributed by atoms with E-state index in [-0.39, 0.29) is 11.3 Å². The molecule has 3 aromatic carbocycles. The number of hydrogen-bond donors (Lipinski definition) is 3. The third-order valence-corrected chi connectivity index (χ3v) is 5.16. The van der Waals surface area contributed by atoms with Gasteiger partial charge in [0.15, 0.2) is 7.28 Å². The Kier molecular flexibility index (Phi) is 11.2. The van der Waals surface area contributed by atoms with Gasteiger partial charge in [0.2, 0.25) is 3.79 Å². The van der Waals surface area contributed by atoms with Crippen LogP contribution < -0.4 is 16.2 Å². The Hall–Kier alpha value is -2.73. The number of carbonyl (C=O) groups is 1. The molecule has 0 fully saturated rings. The molecule has 0 saturated carbocycles. The number of allylic oxidation sites excluding steroid dienone is 1. The summed E-state index contributed by atoms with van der Waals surface area (Å²) in [7, 11) is 2.17. The molecule has 3 rings (SSSR count). The van der Waals surface area contributed by atoms with Crippen LogP contribution in [0.1, 0.15) is 12.5 Å². The van der Waals surface area contributed by atoms with E-state index >= 15 is 0 Å². The Morgan fingerprint density at radius 2 is 1.32 bits per heavy atom. The van der Waals surface area contributed by atoms with Gasteiger partial charge in [-0.05, 0) is 18.9 Å². The van der Waals surface area contributed by atoms with Gasteiger partial charge in [0.1, 0.15) is 11.3 Å². The van der Waals surface area contributed by atoms with Crippen molar-refractivity contribution >= 4 is 64.6 Å². The second-order valence-corrected chi connectivity index (χ2v) is 9.57. The van der Waals surface area contributed by atoms with Gasteiger partial charge in [-0.25, -0.2) is 0 Å². The van der Waals surface area contributed by atoms with Crippen LogP contribution in [-0.2, 0) is 11.2 Å². The third-order valence-electron chi connectivity index (χ3n) is 4.60. The molecule has 1 radical (unpaired) electrons. The lowest BCUT2D eigenvalue weighted by molar-refractivity contribution is -0.117. The van der Waals surface area contributed by atoms with Crippen LogP contribution in [0.3, 0.4) is 0 Å². The number of carbonyl (C=O) groups excluding carboxylic acids is 1. The van der Waals surface area contributed by atoms with Gasteiger partial charge in [-0.1, -0.05) is 137 Å². The fourth-order valence-electron chi connectivity index (χ4n) is 2.94. The van der Waals surface area contributed by atoms with Crippen molar-refractivity contribution in [1.82, 2.24) is 5.32 Å². The van der Waals surface area contributed by atoms with E-state index in [4.69, 9.17) is 40.2 Å². The highest BCUT2D eigenvalue weighted by Gasteiger charge is 2.33. The van der Waals surface area contributed by atoms with Crippen molar-refractivity contribution in [2.45, 2.75) is 17.1 Å². The van der Waals surface area contributed by atoms with Gasteiger partial charge in [0, 0.05) is 6.54 Å². The molecule has 3 aromatic rings. The largest absolute Gasteiger partial charge is 0.512 e. The van der Waals surface area contributed by atoms with Crippen LogP contribution in [0, 0.1) is 5.41 Å². The fraction of sp³-hybridized carbons (Fsp3) is 0.154. The molecular weight excluding hydrogens is 489 g/mol. The molecule has 0 aromatic heterocycles. The summed E-state index contributed by atoms with van der Waals surface area (Å²) in [6.07, 6.45) is 0.617. The van der Waals surface area contributed by atoms with Gasteiger partial charge < -0.3 is 10.4 Å². The van der Waals surface area contributed by atoms with Gasteiger partial charge in [-0.3, -0.25) is 10.2 Å². The summed E-state index contributed by atoms with van der Waals surface area (Å²) in [5.41, 5.74) is 2.65. The molecule has 8 heteroatoms. The van der Waals surface area contributed by atoms with Crippen LogP contribution in [0.2, 0.25) is 0 Å². The first-order valence-electron chi connectivity index (χ1n) is 10.5. The van der Waals surface area contributed by atoms with Crippen molar-refractivity contribution in [3.8, 4) is 0 Å². The zero-order valence-corrected chi connectivity index (χ0v) is 20.9. The number of rotatable bonds is 7. The quantitative estimate of drug-likeness (QED) is 0.138. The molecule has 1 amide bonds. The Morgan fingerprint density at radius 1 is 0.882 bits per heavy atom. The molecule has 0 aliphatic heterocycles. The van der Waals surface area contributed by atoms with Gasteiger partial charge >= 0.3 is 0 Å². The molecule has 0 heterocycles. The number of alkyl halides is 3. The minimum atomic E-state index is -2.07. The molecule has 3 N–H and O–H groups in total. The van der Waals surface area contributed by atoms with E-state index in [1.54, 1.807) is 0 Å². The molecular formula is C26H25BCl3N2O2. The minimum absolute atomic E-state index is 0.330. The topological polar surface area (TPSA) is 73.2 Å². The zero-order valence-electron chi connectivity index (χ0n) is 18.6. The predicted molar refractivity (Wildman–Crippen MR) is 144 cm³/mol. The number of nitrogens with one attached hydrogen (secondary N) is 2. The molecule has 0 spiro atoms. The van der Waals surface area contributed by atoms with Gasteiger partial charge in [0.05, 0.1) is 5.71 Å². The smallest absolute Gasteiger partial charge is 0.256 e. The van der Waals surface area contributed by atoms with E-state index in [1.807, 2.05) is 42.5 Å². The minimum Gasteiger partial charge on any atom is -0.512 e. The maximum Gasteiger partial charge on any atom is 0.256 e. The summed E-state index contributed by atoms with van der Waals surface area (Å²) >= 11 is 16.7. The lowest BCUT2D eigenvalue weighted by atomic mass is 9.64. The van der Waals surface area contributed by atoms with Gasteiger partial charge in [-0.15, -0.1) is 0 Å². The maximum absolute atomic E-state index is 12.0. The van der Waals surface area contributed by atoms with E-state index in [0.717, 1.165) is 5.56 Å². The summed E-state index contributed by atoms with van der Waals surface area (Å²) in [5.74, 6) is -1.02. The standard InChI is InChI=1S/C14H15Cl3N2O2.C12H10B/c1-9(20)11(12(18)14(15,16)17)13(21)19-8-7-10-5-3-2-4-6-10;1-3-7-11(8-4-1)13-12-9-5-2-6-10-12/h2-6,18,20H,7-8H2,1H3,(H,19,21);1-10H. The predicted octanol–water partition coefficient (Wildman–Crippen LogP) is 4.91. The van der Waals surface area contributed by atoms with Crippen LogP contribution in [-0.4, -0.2) is 34.3 Å². The lowest BCUT2D eigenvalue weighted by Crippen LogP contribution is -2.35. The molecule has 0 aliphatic rings. The first kappa shape index (κ1) is 27.5. The van der Waals surface area contributed by atoms with E-state index in [9.17, 15) is 9.90 Å².